The number of rotatable bonds is 7. The van der Waals surface area contributed by atoms with Gasteiger partial charge in [0.1, 0.15) is 6.33 Å². The zero-order valence-electron chi connectivity index (χ0n) is 10.6. The minimum atomic E-state index is 0.373. The fourth-order valence-corrected chi connectivity index (χ4v) is 2.02. The van der Waals surface area contributed by atoms with Gasteiger partial charge in [-0.1, -0.05) is 33.6 Å². The first-order chi connectivity index (χ1) is 7.81. The van der Waals surface area contributed by atoms with Gasteiger partial charge in [-0.15, -0.1) is 0 Å². The highest BCUT2D eigenvalue weighted by Crippen LogP contribution is 2.23. The zero-order valence-corrected chi connectivity index (χ0v) is 10.6. The second-order valence-electron chi connectivity index (χ2n) is 4.16. The number of nitrogens with zero attached hydrogens (tertiary/aromatic N) is 2. The number of aromatic nitrogens is 2. The largest absolute Gasteiger partial charge is 0.309 e. The molecule has 1 N–H and O–H groups in total. The highest BCUT2D eigenvalue weighted by Gasteiger charge is 2.15. The third-order valence-electron chi connectivity index (χ3n) is 3.14. The zero-order chi connectivity index (χ0) is 11.8. The van der Waals surface area contributed by atoms with Crippen molar-refractivity contribution < 1.29 is 0 Å². The molecular weight excluding hydrogens is 198 g/mol. The van der Waals surface area contributed by atoms with Crippen LogP contribution in [0.1, 0.15) is 51.8 Å². The van der Waals surface area contributed by atoms with Gasteiger partial charge in [-0.25, -0.2) is 9.97 Å². The Bertz CT molecular complexity index is 270. The van der Waals surface area contributed by atoms with Gasteiger partial charge < -0.3 is 5.32 Å². The van der Waals surface area contributed by atoms with Crippen LogP contribution in [-0.2, 0) is 0 Å². The molecule has 0 spiro atoms. The van der Waals surface area contributed by atoms with Crippen molar-refractivity contribution in [2.24, 2.45) is 5.92 Å². The lowest BCUT2D eigenvalue weighted by atomic mass is 9.93. The van der Waals surface area contributed by atoms with E-state index in [-0.39, 0.29) is 0 Å². The monoisotopic (exact) mass is 221 g/mol. The van der Waals surface area contributed by atoms with Gasteiger partial charge in [0.25, 0.3) is 0 Å². The van der Waals surface area contributed by atoms with Crippen molar-refractivity contribution in [3.8, 4) is 0 Å². The summed E-state index contributed by atoms with van der Waals surface area (Å²) in [6.45, 7) is 7.64. The average molecular weight is 221 g/mol. The molecular formula is C13H23N3. The summed E-state index contributed by atoms with van der Waals surface area (Å²) in [7, 11) is 0. The van der Waals surface area contributed by atoms with Gasteiger partial charge in [-0.05, 0) is 24.9 Å². The molecule has 1 aromatic rings. The molecule has 1 rings (SSSR count). The molecule has 1 unspecified atom stereocenters. The summed E-state index contributed by atoms with van der Waals surface area (Å²) >= 11 is 0. The molecule has 0 saturated carbocycles. The van der Waals surface area contributed by atoms with Crippen LogP contribution in [0.2, 0.25) is 0 Å². The topological polar surface area (TPSA) is 37.8 Å². The third kappa shape index (κ3) is 3.89. The van der Waals surface area contributed by atoms with Crippen LogP contribution in [-0.4, -0.2) is 16.5 Å². The lowest BCUT2D eigenvalue weighted by molar-refractivity contribution is 0.370. The number of nitrogens with one attached hydrogen (secondary N) is 1. The van der Waals surface area contributed by atoms with E-state index in [9.17, 15) is 0 Å². The van der Waals surface area contributed by atoms with Gasteiger partial charge in [0.05, 0.1) is 5.69 Å². The van der Waals surface area contributed by atoms with E-state index in [0.29, 0.717) is 6.04 Å². The molecule has 1 atom stereocenters. The summed E-state index contributed by atoms with van der Waals surface area (Å²) in [5.74, 6) is 0.777. The maximum atomic E-state index is 4.35. The van der Waals surface area contributed by atoms with Crippen molar-refractivity contribution in [2.45, 2.75) is 46.1 Å². The fraction of sp³-hybridized carbons (Fsp3) is 0.692. The van der Waals surface area contributed by atoms with Gasteiger partial charge in [0.2, 0.25) is 0 Å². The van der Waals surface area contributed by atoms with Crippen LogP contribution in [0.15, 0.2) is 18.6 Å². The van der Waals surface area contributed by atoms with E-state index < -0.39 is 0 Å². The SMILES string of the molecule is CCNC(CC(CC)CC)c1ccncn1. The third-order valence-corrected chi connectivity index (χ3v) is 3.14. The summed E-state index contributed by atoms with van der Waals surface area (Å²) in [6, 6.07) is 2.38. The summed E-state index contributed by atoms with van der Waals surface area (Å²) < 4.78 is 0. The van der Waals surface area contributed by atoms with Crippen molar-refractivity contribution >= 4 is 0 Å². The van der Waals surface area contributed by atoms with Crippen molar-refractivity contribution in [3.63, 3.8) is 0 Å². The molecule has 3 nitrogen and oxygen atoms in total. The van der Waals surface area contributed by atoms with E-state index in [1.54, 1.807) is 6.33 Å². The first-order valence-corrected chi connectivity index (χ1v) is 6.31. The molecule has 0 fully saturated rings. The van der Waals surface area contributed by atoms with E-state index in [1.807, 2.05) is 12.3 Å². The van der Waals surface area contributed by atoms with Crippen molar-refractivity contribution in [1.82, 2.24) is 15.3 Å². The summed E-state index contributed by atoms with van der Waals surface area (Å²) in [5.41, 5.74) is 1.11. The quantitative estimate of drug-likeness (QED) is 0.769. The van der Waals surface area contributed by atoms with E-state index in [2.05, 4.69) is 36.1 Å². The molecule has 0 aliphatic rings. The molecule has 3 heteroatoms. The smallest absolute Gasteiger partial charge is 0.115 e. The van der Waals surface area contributed by atoms with E-state index in [1.165, 1.54) is 12.8 Å². The molecule has 1 heterocycles. The van der Waals surface area contributed by atoms with E-state index >= 15 is 0 Å². The Kier molecular flexibility index (Phi) is 6.01. The Balaban J connectivity index is 2.67. The average Bonchev–Trinajstić information content (AvgIpc) is 2.35. The molecule has 0 amide bonds. The van der Waals surface area contributed by atoms with Crippen LogP contribution >= 0.6 is 0 Å². The second kappa shape index (κ2) is 7.34. The van der Waals surface area contributed by atoms with Crippen molar-refractivity contribution in [2.75, 3.05) is 6.54 Å². The van der Waals surface area contributed by atoms with Crippen molar-refractivity contribution in [1.29, 1.82) is 0 Å². The Morgan fingerprint density at radius 2 is 2.00 bits per heavy atom. The maximum Gasteiger partial charge on any atom is 0.115 e. The van der Waals surface area contributed by atoms with Crippen LogP contribution in [0.3, 0.4) is 0 Å². The van der Waals surface area contributed by atoms with Crippen molar-refractivity contribution in [3.05, 3.63) is 24.3 Å². The molecule has 90 valence electrons. The summed E-state index contributed by atoms with van der Waals surface area (Å²) in [6.07, 6.45) is 7.09. The highest BCUT2D eigenvalue weighted by molar-refractivity contribution is 5.04. The predicted octanol–water partition coefficient (Wildman–Crippen LogP) is 2.95. The van der Waals surface area contributed by atoms with Gasteiger partial charge in [-0.2, -0.15) is 0 Å². The van der Waals surface area contributed by atoms with Crippen LogP contribution < -0.4 is 5.32 Å². The predicted molar refractivity (Wildman–Crippen MR) is 67.1 cm³/mol. The highest BCUT2D eigenvalue weighted by atomic mass is 14.9. The fourth-order valence-electron chi connectivity index (χ4n) is 2.02. The first-order valence-electron chi connectivity index (χ1n) is 6.31. The summed E-state index contributed by atoms with van der Waals surface area (Å²) in [5, 5.41) is 3.51. The Morgan fingerprint density at radius 3 is 2.50 bits per heavy atom. The van der Waals surface area contributed by atoms with E-state index in [4.69, 9.17) is 0 Å². The van der Waals surface area contributed by atoms with Crippen LogP contribution in [0, 0.1) is 5.92 Å². The molecule has 0 saturated heterocycles. The van der Waals surface area contributed by atoms with Crippen LogP contribution in [0.4, 0.5) is 0 Å². The van der Waals surface area contributed by atoms with Gasteiger partial charge >= 0.3 is 0 Å². The standard InChI is InChI=1S/C13H23N3/c1-4-11(5-2)9-13(15-6-3)12-7-8-14-10-16-12/h7-8,10-11,13,15H,4-6,9H2,1-3H3. The van der Waals surface area contributed by atoms with E-state index in [0.717, 1.165) is 24.6 Å². The van der Waals surface area contributed by atoms with Crippen LogP contribution in [0.25, 0.3) is 0 Å². The van der Waals surface area contributed by atoms with Gasteiger partial charge in [0.15, 0.2) is 0 Å². The van der Waals surface area contributed by atoms with Gasteiger partial charge in [0, 0.05) is 12.2 Å². The normalized spacial score (nSPS) is 13.0. The summed E-state index contributed by atoms with van der Waals surface area (Å²) in [4.78, 5) is 8.31. The maximum absolute atomic E-state index is 4.35. The number of hydrogen-bond donors (Lipinski definition) is 1. The van der Waals surface area contributed by atoms with Crippen LogP contribution in [0.5, 0.6) is 0 Å². The minimum absolute atomic E-state index is 0.373. The lowest BCUT2D eigenvalue weighted by Gasteiger charge is -2.22. The second-order valence-corrected chi connectivity index (χ2v) is 4.16. The van der Waals surface area contributed by atoms with Gasteiger partial charge in [-0.3, -0.25) is 0 Å². The minimum Gasteiger partial charge on any atom is -0.309 e. The molecule has 0 bridgehead atoms. The molecule has 0 radical (unpaired) electrons. The Hall–Kier alpha value is -0.960. The first kappa shape index (κ1) is 13.1. The molecule has 16 heavy (non-hydrogen) atoms. The lowest BCUT2D eigenvalue weighted by Crippen LogP contribution is -2.24. The molecule has 0 aromatic carbocycles. The molecule has 0 aliphatic heterocycles. The Labute approximate surface area is 98.7 Å². The molecule has 1 aromatic heterocycles. The molecule has 0 aliphatic carbocycles. The number of hydrogen-bond acceptors (Lipinski definition) is 3. The Morgan fingerprint density at radius 1 is 1.25 bits per heavy atom.